The molecule has 22 heavy (non-hydrogen) atoms. The summed E-state index contributed by atoms with van der Waals surface area (Å²) in [7, 11) is 0. The second-order valence-electron chi connectivity index (χ2n) is 6.36. The Kier molecular flexibility index (Phi) is 5.35. The van der Waals surface area contributed by atoms with Gasteiger partial charge in [0, 0.05) is 5.56 Å². The molecule has 2 rings (SSSR count). The summed E-state index contributed by atoms with van der Waals surface area (Å²) in [5, 5.41) is 11.0. The van der Waals surface area contributed by atoms with Gasteiger partial charge in [0.2, 0.25) is 0 Å². The normalized spacial score (nSPS) is 23.0. The minimum atomic E-state index is -0.580. The summed E-state index contributed by atoms with van der Waals surface area (Å²) >= 11 is 0. The molecule has 1 heterocycles. The molecule has 0 spiro atoms. The SMILES string of the molecule is CCCOc1ccc2c(c1)C(O)C(N(CC)CC)C(C)(C)O2. The first-order valence-electron chi connectivity index (χ1n) is 8.32. The third-order valence-corrected chi connectivity index (χ3v) is 4.36. The molecule has 0 aliphatic carbocycles. The van der Waals surface area contributed by atoms with Crippen molar-refractivity contribution in [2.75, 3.05) is 19.7 Å². The Morgan fingerprint density at radius 3 is 2.50 bits per heavy atom. The van der Waals surface area contributed by atoms with Gasteiger partial charge < -0.3 is 14.6 Å². The highest BCUT2D eigenvalue weighted by Gasteiger charge is 2.45. The molecule has 1 aromatic rings. The fourth-order valence-corrected chi connectivity index (χ4v) is 3.31. The number of rotatable bonds is 6. The minimum absolute atomic E-state index is 0.0728. The molecule has 4 heteroatoms. The highest BCUT2D eigenvalue weighted by molar-refractivity contribution is 5.44. The molecule has 1 aliphatic heterocycles. The molecular formula is C18H29NO3. The van der Waals surface area contributed by atoms with E-state index in [-0.39, 0.29) is 6.04 Å². The maximum absolute atomic E-state index is 11.0. The van der Waals surface area contributed by atoms with Gasteiger partial charge in [-0.15, -0.1) is 0 Å². The zero-order chi connectivity index (χ0) is 16.3. The van der Waals surface area contributed by atoms with Crippen molar-refractivity contribution in [1.82, 2.24) is 4.90 Å². The Bertz CT molecular complexity index is 497. The molecule has 0 aromatic heterocycles. The van der Waals surface area contributed by atoms with E-state index in [0.29, 0.717) is 6.61 Å². The summed E-state index contributed by atoms with van der Waals surface area (Å²) in [4.78, 5) is 2.26. The van der Waals surface area contributed by atoms with Crippen LogP contribution in [0.4, 0.5) is 0 Å². The van der Waals surface area contributed by atoms with Crippen molar-refractivity contribution in [2.45, 2.75) is 58.8 Å². The van der Waals surface area contributed by atoms with Crippen LogP contribution in [0, 0.1) is 0 Å². The van der Waals surface area contributed by atoms with Crippen LogP contribution in [-0.2, 0) is 0 Å². The number of aliphatic hydroxyl groups excluding tert-OH is 1. The van der Waals surface area contributed by atoms with Crippen molar-refractivity contribution in [2.24, 2.45) is 0 Å². The minimum Gasteiger partial charge on any atom is -0.494 e. The summed E-state index contributed by atoms with van der Waals surface area (Å²) in [5.41, 5.74) is 0.384. The Hall–Kier alpha value is -1.26. The number of hydrogen-bond acceptors (Lipinski definition) is 4. The van der Waals surface area contributed by atoms with Crippen LogP contribution in [0.3, 0.4) is 0 Å². The maximum Gasteiger partial charge on any atom is 0.126 e. The highest BCUT2D eigenvalue weighted by Crippen LogP contribution is 2.43. The van der Waals surface area contributed by atoms with Crippen molar-refractivity contribution in [3.8, 4) is 11.5 Å². The Morgan fingerprint density at radius 1 is 1.23 bits per heavy atom. The van der Waals surface area contributed by atoms with Crippen molar-refractivity contribution in [3.05, 3.63) is 23.8 Å². The van der Waals surface area contributed by atoms with E-state index in [4.69, 9.17) is 9.47 Å². The first-order chi connectivity index (χ1) is 10.4. The van der Waals surface area contributed by atoms with Crippen LogP contribution >= 0.6 is 0 Å². The fourth-order valence-electron chi connectivity index (χ4n) is 3.31. The molecule has 1 aromatic carbocycles. The van der Waals surface area contributed by atoms with Crippen LogP contribution in [0.1, 0.15) is 52.7 Å². The van der Waals surface area contributed by atoms with Crippen LogP contribution in [0.5, 0.6) is 11.5 Å². The first kappa shape index (κ1) is 17.1. The van der Waals surface area contributed by atoms with E-state index in [1.165, 1.54) is 0 Å². The molecule has 1 aliphatic rings. The zero-order valence-corrected chi connectivity index (χ0v) is 14.4. The van der Waals surface area contributed by atoms with Crippen molar-refractivity contribution in [1.29, 1.82) is 0 Å². The second-order valence-corrected chi connectivity index (χ2v) is 6.36. The Morgan fingerprint density at radius 2 is 1.91 bits per heavy atom. The summed E-state index contributed by atoms with van der Waals surface area (Å²) in [5.74, 6) is 1.55. The van der Waals surface area contributed by atoms with Gasteiger partial charge in [0.25, 0.3) is 0 Å². The predicted octanol–water partition coefficient (Wildman–Crippen LogP) is 3.39. The van der Waals surface area contributed by atoms with Gasteiger partial charge in [0.05, 0.1) is 12.6 Å². The molecule has 1 N–H and O–H groups in total. The van der Waals surface area contributed by atoms with E-state index < -0.39 is 11.7 Å². The van der Waals surface area contributed by atoms with Gasteiger partial charge in [0.1, 0.15) is 23.2 Å². The zero-order valence-electron chi connectivity index (χ0n) is 14.4. The van der Waals surface area contributed by atoms with E-state index in [1.54, 1.807) is 0 Å². The van der Waals surface area contributed by atoms with Crippen LogP contribution in [0.15, 0.2) is 18.2 Å². The first-order valence-corrected chi connectivity index (χ1v) is 8.32. The van der Waals surface area contributed by atoms with E-state index in [1.807, 2.05) is 32.0 Å². The molecule has 4 nitrogen and oxygen atoms in total. The van der Waals surface area contributed by atoms with Gasteiger partial charge in [-0.2, -0.15) is 0 Å². The quantitative estimate of drug-likeness (QED) is 0.875. The van der Waals surface area contributed by atoms with E-state index >= 15 is 0 Å². The highest BCUT2D eigenvalue weighted by atomic mass is 16.5. The van der Waals surface area contributed by atoms with Crippen molar-refractivity contribution in [3.63, 3.8) is 0 Å². The number of benzene rings is 1. The lowest BCUT2D eigenvalue weighted by atomic mass is 9.84. The molecule has 2 unspecified atom stereocenters. The fraction of sp³-hybridized carbons (Fsp3) is 0.667. The van der Waals surface area contributed by atoms with Gasteiger partial charge in [-0.3, -0.25) is 4.90 Å². The third kappa shape index (κ3) is 3.23. The molecular weight excluding hydrogens is 278 g/mol. The summed E-state index contributed by atoms with van der Waals surface area (Å²) < 4.78 is 11.9. The molecule has 0 radical (unpaired) electrons. The monoisotopic (exact) mass is 307 g/mol. The van der Waals surface area contributed by atoms with Gasteiger partial charge in [-0.1, -0.05) is 20.8 Å². The van der Waals surface area contributed by atoms with Crippen LogP contribution < -0.4 is 9.47 Å². The lowest BCUT2D eigenvalue weighted by molar-refractivity contribution is -0.0800. The predicted molar refractivity (Wildman–Crippen MR) is 88.6 cm³/mol. The number of hydrogen-bond donors (Lipinski definition) is 1. The Balaban J connectivity index is 2.36. The van der Waals surface area contributed by atoms with Gasteiger partial charge in [-0.25, -0.2) is 0 Å². The Labute approximate surface area is 134 Å². The molecule has 0 saturated carbocycles. The number of nitrogens with zero attached hydrogens (tertiary/aromatic N) is 1. The second kappa shape index (κ2) is 6.88. The number of aliphatic hydroxyl groups is 1. The van der Waals surface area contributed by atoms with Crippen LogP contribution in [0.25, 0.3) is 0 Å². The molecule has 0 fully saturated rings. The number of ether oxygens (including phenoxy) is 2. The lowest BCUT2D eigenvalue weighted by Crippen LogP contribution is -2.57. The molecule has 0 saturated heterocycles. The van der Waals surface area contributed by atoms with Gasteiger partial charge in [-0.05, 0) is 51.6 Å². The lowest BCUT2D eigenvalue weighted by Gasteiger charge is -2.47. The van der Waals surface area contributed by atoms with Gasteiger partial charge >= 0.3 is 0 Å². The van der Waals surface area contributed by atoms with Gasteiger partial charge in [0.15, 0.2) is 0 Å². The van der Waals surface area contributed by atoms with Crippen molar-refractivity contribution >= 4 is 0 Å². The van der Waals surface area contributed by atoms with Crippen molar-refractivity contribution < 1.29 is 14.6 Å². The number of fused-ring (bicyclic) bond motifs is 1. The van der Waals surface area contributed by atoms with Crippen LogP contribution in [0.2, 0.25) is 0 Å². The van der Waals surface area contributed by atoms with E-state index in [0.717, 1.165) is 36.6 Å². The smallest absolute Gasteiger partial charge is 0.126 e. The molecule has 2 atom stereocenters. The molecule has 0 bridgehead atoms. The number of likely N-dealkylation sites (N-methyl/N-ethyl adjacent to an activating group) is 1. The van der Waals surface area contributed by atoms with E-state index in [9.17, 15) is 5.11 Å². The largest absolute Gasteiger partial charge is 0.494 e. The summed E-state index contributed by atoms with van der Waals surface area (Å²) in [6.45, 7) is 12.8. The molecule has 124 valence electrons. The average Bonchev–Trinajstić information content (AvgIpc) is 2.49. The topological polar surface area (TPSA) is 41.9 Å². The third-order valence-electron chi connectivity index (χ3n) is 4.36. The van der Waals surface area contributed by atoms with E-state index in [2.05, 4.69) is 25.7 Å². The standard InChI is InChI=1S/C18H29NO3/c1-6-11-21-13-9-10-15-14(12-13)16(20)17(18(4,5)22-15)19(7-2)8-3/h9-10,12,16-17,20H,6-8,11H2,1-5H3. The maximum atomic E-state index is 11.0. The summed E-state index contributed by atoms with van der Waals surface area (Å²) in [6.07, 6.45) is 0.384. The average molecular weight is 307 g/mol. The van der Waals surface area contributed by atoms with Crippen LogP contribution in [-0.4, -0.2) is 41.3 Å². The molecule has 0 amide bonds. The summed E-state index contributed by atoms with van der Waals surface area (Å²) in [6, 6.07) is 5.66.